The second-order valence-electron chi connectivity index (χ2n) is 6.28. The van der Waals surface area contributed by atoms with E-state index in [1.165, 1.54) is 4.90 Å². The second kappa shape index (κ2) is 6.25. The van der Waals surface area contributed by atoms with E-state index in [1.54, 1.807) is 31.4 Å². The summed E-state index contributed by atoms with van der Waals surface area (Å²) in [5.41, 5.74) is 2.04. The summed E-state index contributed by atoms with van der Waals surface area (Å²) in [7, 11) is 3.25. The third-order valence-corrected chi connectivity index (χ3v) is 4.81. The first-order valence-corrected chi connectivity index (χ1v) is 8.32. The van der Waals surface area contributed by atoms with Gasteiger partial charge in [-0.25, -0.2) is 4.79 Å². The monoisotopic (exact) mass is 353 g/mol. The zero-order valence-electron chi connectivity index (χ0n) is 14.6. The van der Waals surface area contributed by atoms with Crippen LogP contribution in [0.25, 0.3) is 0 Å². The van der Waals surface area contributed by atoms with Gasteiger partial charge >= 0.3 is 6.03 Å². The third-order valence-electron chi connectivity index (χ3n) is 4.81. The molecule has 2 aromatic rings. The van der Waals surface area contributed by atoms with Gasteiger partial charge in [-0.15, -0.1) is 0 Å². The average Bonchev–Trinajstić information content (AvgIpc) is 3.27. The van der Waals surface area contributed by atoms with Gasteiger partial charge in [0.15, 0.2) is 0 Å². The summed E-state index contributed by atoms with van der Waals surface area (Å²) in [5.74, 6) is 1.22. The molecule has 1 aromatic carbocycles. The Kier molecular flexibility index (Phi) is 3.91. The Morgan fingerprint density at radius 3 is 2.77 bits per heavy atom. The van der Waals surface area contributed by atoms with E-state index < -0.39 is 6.04 Å². The largest absolute Gasteiger partial charge is 0.496 e. The lowest BCUT2D eigenvalue weighted by Crippen LogP contribution is -2.45. The Bertz CT molecular complexity index is 888. The van der Waals surface area contributed by atoms with Gasteiger partial charge in [0.05, 0.1) is 43.8 Å². The Labute approximate surface area is 150 Å². The molecular weight excluding hydrogens is 334 g/mol. The Morgan fingerprint density at radius 1 is 1.23 bits per heavy atom. The van der Waals surface area contributed by atoms with Gasteiger partial charge in [0.1, 0.15) is 11.5 Å². The minimum atomic E-state index is -0.543. The van der Waals surface area contributed by atoms with Crippen molar-refractivity contribution in [2.24, 2.45) is 0 Å². The number of hydrogen-bond donors (Lipinski definition) is 1. The zero-order chi connectivity index (χ0) is 18.3. The minimum absolute atomic E-state index is 0.112. The van der Waals surface area contributed by atoms with Crippen molar-refractivity contribution in [1.82, 2.24) is 15.1 Å². The smallest absolute Gasteiger partial charge is 0.322 e. The lowest BCUT2D eigenvalue weighted by Gasteiger charge is -2.31. The summed E-state index contributed by atoms with van der Waals surface area (Å²) >= 11 is 0. The minimum Gasteiger partial charge on any atom is -0.496 e. The predicted molar refractivity (Wildman–Crippen MR) is 93.2 cm³/mol. The molecule has 0 fully saturated rings. The van der Waals surface area contributed by atoms with E-state index >= 15 is 0 Å². The molecule has 1 N–H and O–H groups in total. The number of amides is 3. The van der Waals surface area contributed by atoms with E-state index in [-0.39, 0.29) is 11.9 Å². The number of urea groups is 1. The number of rotatable bonds is 4. The van der Waals surface area contributed by atoms with Crippen molar-refractivity contribution in [3.05, 3.63) is 65.3 Å². The number of nitrogens with one attached hydrogen (secondary N) is 1. The van der Waals surface area contributed by atoms with Crippen molar-refractivity contribution in [3.63, 3.8) is 0 Å². The molecule has 4 rings (SSSR count). The van der Waals surface area contributed by atoms with Crippen molar-refractivity contribution in [2.75, 3.05) is 20.7 Å². The van der Waals surface area contributed by atoms with Gasteiger partial charge in [-0.3, -0.25) is 9.69 Å². The number of ether oxygens (including phenoxy) is 1. The van der Waals surface area contributed by atoms with Crippen LogP contribution in [-0.4, -0.2) is 42.4 Å². The zero-order valence-corrected chi connectivity index (χ0v) is 14.6. The first-order valence-electron chi connectivity index (χ1n) is 8.32. The maximum atomic E-state index is 13.1. The van der Waals surface area contributed by atoms with Gasteiger partial charge in [0, 0.05) is 12.6 Å². The molecule has 26 heavy (non-hydrogen) atoms. The number of hydrogen-bond acceptors (Lipinski definition) is 4. The molecular formula is C19H19N3O4. The lowest BCUT2D eigenvalue weighted by atomic mass is 9.95. The van der Waals surface area contributed by atoms with Crippen LogP contribution in [0.15, 0.2) is 58.3 Å². The van der Waals surface area contributed by atoms with Gasteiger partial charge in [0.25, 0.3) is 5.91 Å². The number of likely N-dealkylation sites (N-methyl/N-ethyl adjacent to an activating group) is 1. The fraction of sp³-hybridized carbons (Fsp3) is 0.263. The number of benzene rings is 1. The van der Waals surface area contributed by atoms with Crippen molar-refractivity contribution >= 4 is 11.9 Å². The molecule has 1 atom stereocenters. The van der Waals surface area contributed by atoms with E-state index in [2.05, 4.69) is 5.32 Å². The summed E-state index contributed by atoms with van der Waals surface area (Å²) in [5, 5.41) is 2.92. The molecule has 0 aliphatic carbocycles. The van der Waals surface area contributed by atoms with Gasteiger partial charge in [-0.05, 0) is 18.2 Å². The van der Waals surface area contributed by atoms with Crippen LogP contribution in [0.4, 0.5) is 4.79 Å². The number of methoxy groups -OCH3 is 1. The van der Waals surface area contributed by atoms with Crippen LogP contribution in [0.3, 0.4) is 0 Å². The van der Waals surface area contributed by atoms with Crippen LogP contribution in [0.2, 0.25) is 0 Å². The molecule has 1 aromatic heterocycles. The first-order chi connectivity index (χ1) is 12.6. The van der Waals surface area contributed by atoms with Crippen molar-refractivity contribution in [2.45, 2.75) is 12.6 Å². The molecule has 0 saturated carbocycles. The average molecular weight is 353 g/mol. The SMILES string of the molecule is COc1ccccc1[C@@H]1NC(=O)N(C)C2=C1C(=O)N(Cc1ccco1)C2. The Hall–Kier alpha value is -3.22. The van der Waals surface area contributed by atoms with Crippen LogP contribution < -0.4 is 10.1 Å². The molecule has 7 heteroatoms. The molecule has 0 unspecified atom stereocenters. The lowest BCUT2D eigenvalue weighted by molar-refractivity contribution is -0.126. The molecule has 2 aliphatic heterocycles. The highest BCUT2D eigenvalue weighted by Crippen LogP contribution is 2.39. The van der Waals surface area contributed by atoms with Gasteiger partial charge in [-0.2, -0.15) is 0 Å². The topological polar surface area (TPSA) is 75.0 Å². The van der Waals surface area contributed by atoms with Crippen molar-refractivity contribution in [3.8, 4) is 5.75 Å². The van der Waals surface area contributed by atoms with E-state index in [0.29, 0.717) is 35.9 Å². The van der Waals surface area contributed by atoms with Crippen LogP contribution in [0.1, 0.15) is 17.4 Å². The Balaban J connectivity index is 1.72. The first kappa shape index (κ1) is 16.3. The van der Waals surface area contributed by atoms with E-state index in [1.807, 2.05) is 30.3 Å². The van der Waals surface area contributed by atoms with E-state index in [0.717, 1.165) is 5.56 Å². The summed E-state index contributed by atoms with van der Waals surface area (Å²) < 4.78 is 10.8. The van der Waals surface area contributed by atoms with E-state index in [9.17, 15) is 9.59 Å². The molecule has 0 radical (unpaired) electrons. The predicted octanol–water partition coefficient (Wildman–Crippen LogP) is 2.28. The molecule has 0 saturated heterocycles. The van der Waals surface area contributed by atoms with Crippen molar-refractivity contribution in [1.29, 1.82) is 0 Å². The van der Waals surface area contributed by atoms with Gasteiger partial charge in [0.2, 0.25) is 0 Å². The molecule has 0 bridgehead atoms. The van der Waals surface area contributed by atoms with Crippen LogP contribution >= 0.6 is 0 Å². The number of nitrogens with zero attached hydrogens (tertiary/aromatic N) is 2. The van der Waals surface area contributed by atoms with Gasteiger partial charge < -0.3 is 19.4 Å². The second-order valence-corrected chi connectivity index (χ2v) is 6.28. The highest BCUT2D eigenvalue weighted by molar-refractivity contribution is 6.01. The highest BCUT2D eigenvalue weighted by atomic mass is 16.5. The number of carbonyl (C=O) groups excluding carboxylic acids is 2. The van der Waals surface area contributed by atoms with Crippen LogP contribution in [0, 0.1) is 0 Å². The quantitative estimate of drug-likeness (QED) is 0.915. The van der Waals surface area contributed by atoms with E-state index in [4.69, 9.17) is 9.15 Å². The molecule has 3 heterocycles. The molecule has 3 amide bonds. The summed E-state index contributed by atoms with van der Waals surface area (Å²) in [4.78, 5) is 28.7. The van der Waals surface area contributed by atoms with Crippen LogP contribution in [-0.2, 0) is 11.3 Å². The highest BCUT2D eigenvalue weighted by Gasteiger charge is 2.43. The summed E-state index contributed by atoms with van der Waals surface area (Å²) in [6.45, 7) is 0.726. The number of para-hydroxylation sites is 1. The fourth-order valence-corrected chi connectivity index (χ4v) is 3.48. The molecule has 7 nitrogen and oxygen atoms in total. The number of furan rings is 1. The van der Waals surface area contributed by atoms with Crippen LogP contribution in [0.5, 0.6) is 5.75 Å². The fourth-order valence-electron chi connectivity index (χ4n) is 3.48. The standard InChI is InChI=1S/C19H19N3O4/c1-21-14-11-22(10-12-6-5-9-26-12)18(23)16(14)17(20-19(21)24)13-7-3-4-8-15(13)25-2/h3-9,17H,10-11H2,1-2H3,(H,20,24)/t17-/m0/s1. The maximum Gasteiger partial charge on any atom is 0.322 e. The molecule has 134 valence electrons. The maximum absolute atomic E-state index is 13.1. The normalized spacial score (nSPS) is 19.7. The Morgan fingerprint density at radius 2 is 2.04 bits per heavy atom. The van der Waals surface area contributed by atoms with Crippen molar-refractivity contribution < 1.29 is 18.7 Å². The van der Waals surface area contributed by atoms with Gasteiger partial charge in [-0.1, -0.05) is 18.2 Å². The summed E-state index contributed by atoms with van der Waals surface area (Å²) in [6.07, 6.45) is 1.58. The third kappa shape index (κ3) is 2.52. The molecule has 0 spiro atoms. The summed E-state index contributed by atoms with van der Waals surface area (Å²) in [6, 6.07) is 10.2. The number of carbonyl (C=O) groups is 2. The molecule has 2 aliphatic rings.